The number of carbonyl (C=O) groups excluding carboxylic acids is 1. The molecule has 0 amide bonds. The van der Waals surface area contributed by atoms with Crippen molar-refractivity contribution in [1.29, 1.82) is 0 Å². The van der Waals surface area contributed by atoms with E-state index >= 15 is 0 Å². The molecule has 4 nitrogen and oxygen atoms in total. The van der Waals surface area contributed by atoms with Gasteiger partial charge in [-0.3, -0.25) is 0 Å². The van der Waals surface area contributed by atoms with Gasteiger partial charge in [-0.15, -0.1) is 0 Å². The number of hydrogen-bond acceptors (Lipinski definition) is 4. The van der Waals surface area contributed by atoms with Crippen molar-refractivity contribution in [3.8, 4) is 0 Å². The topological polar surface area (TPSA) is 51.8 Å². The highest BCUT2D eigenvalue weighted by atomic mass is 79.9. The number of ether oxygens (including phenoxy) is 1. The smallest absolute Gasteiger partial charge is 0.363 e. The second-order valence-electron chi connectivity index (χ2n) is 4.09. The van der Waals surface area contributed by atoms with Crippen molar-refractivity contribution in [2.75, 3.05) is 0 Å². The van der Waals surface area contributed by atoms with Crippen molar-refractivity contribution in [1.82, 2.24) is 0 Å². The van der Waals surface area contributed by atoms with Crippen LogP contribution in [0.3, 0.4) is 0 Å². The summed E-state index contributed by atoms with van der Waals surface area (Å²) in [6, 6.07) is 9.13. The summed E-state index contributed by atoms with van der Waals surface area (Å²) in [4.78, 5) is 16.1. The van der Waals surface area contributed by atoms with Crippen LogP contribution in [-0.2, 0) is 9.53 Å². The lowest BCUT2D eigenvalue weighted by atomic mass is 10.2. The Hall–Kier alpha value is -1.18. The zero-order valence-corrected chi connectivity index (χ0v) is 15.0. The Kier molecular flexibility index (Phi) is 4.14. The number of cyclic esters (lactones) is 1. The first-order chi connectivity index (χ1) is 10.0. The number of esters is 1. The molecule has 2 heterocycles. The van der Waals surface area contributed by atoms with E-state index in [9.17, 15) is 4.79 Å². The molecule has 0 aliphatic carbocycles. The molecular weight excluding hydrogens is 470 g/mol. The van der Waals surface area contributed by atoms with E-state index in [0.717, 1.165) is 14.5 Å². The van der Waals surface area contributed by atoms with E-state index in [2.05, 4.69) is 52.8 Å². The van der Waals surface area contributed by atoms with E-state index < -0.39 is 5.97 Å². The molecule has 1 aliphatic rings. The van der Waals surface area contributed by atoms with Crippen LogP contribution < -0.4 is 0 Å². The molecule has 7 heteroatoms. The van der Waals surface area contributed by atoms with Gasteiger partial charge in [0, 0.05) is 10.5 Å². The highest BCUT2D eigenvalue weighted by Gasteiger charge is 2.25. The maximum absolute atomic E-state index is 11.9. The lowest BCUT2D eigenvalue weighted by Crippen LogP contribution is -2.05. The SMILES string of the molecule is O=C1OC(c2ccccc2Br)=N/C1=C\c1cc(Br)c(Br)o1. The Morgan fingerprint density at radius 2 is 1.86 bits per heavy atom. The summed E-state index contributed by atoms with van der Waals surface area (Å²) in [5, 5.41) is 0. The van der Waals surface area contributed by atoms with Crippen LogP contribution in [0.4, 0.5) is 0 Å². The van der Waals surface area contributed by atoms with Gasteiger partial charge in [0.1, 0.15) is 5.76 Å². The largest absolute Gasteiger partial charge is 0.449 e. The van der Waals surface area contributed by atoms with Crippen LogP contribution in [0.5, 0.6) is 0 Å². The average molecular weight is 476 g/mol. The van der Waals surface area contributed by atoms with Gasteiger partial charge < -0.3 is 9.15 Å². The van der Waals surface area contributed by atoms with Crippen molar-refractivity contribution in [2.45, 2.75) is 0 Å². The predicted molar refractivity (Wildman–Crippen MR) is 88.9 cm³/mol. The summed E-state index contributed by atoms with van der Waals surface area (Å²) in [5.74, 6) is 0.255. The molecule has 0 atom stereocenters. The molecule has 0 fully saturated rings. The molecule has 2 aromatic rings. The lowest BCUT2D eigenvalue weighted by Gasteiger charge is -2.01. The molecule has 21 heavy (non-hydrogen) atoms. The van der Waals surface area contributed by atoms with Crippen molar-refractivity contribution in [3.05, 3.63) is 61.0 Å². The molecule has 106 valence electrons. The van der Waals surface area contributed by atoms with Crippen LogP contribution in [0.25, 0.3) is 6.08 Å². The van der Waals surface area contributed by atoms with E-state index in [1.54, 1.807) is 6.07 Å². The van der Waals surface area contributed by atoms with Crippen LogP contribution in [0.1, 0.15) is 11.3 Å². The maximum atomic E-state index is 11.9. The van der Waals surface area contributed by atoms with Crippen LogP contribution in [0.15, 0.2) is 59.1 Å². The Bertz CT molecular complexity index is 773. The third-order valence-corrected chi connectivity index (χ3v) is 5.07. The summed E-state index contributed by atoms with van der Waals surface area (Å²) >= 11 is 9.95. The Morgan fingerprint density at radius 3 is 2.52 bits per heavy atom. The van der Waals surface area contributed by atoms with E-state index in [1.165, 1.54) is 6.08 Å². The molecule has 1 aromatic heterocycles. The molecule has 0 saturated carbocycles. The molecule has 3 rings (SSSR count). The van der Waals surface area contributed by atoms with E-state index in [-0.39, 0.29) is 11.6 Å². The molecular formula is C14H6Br3NO3. The average Bonchev–Trinajstić information content (AvgIpc) is 2.95. The third kappa shape index (κ3) is 3.04. The monoisotopic (exact) mass is 473 g/mol. The number of nitrogens with zero attached hydrogens (tertiary/aromatic N) is 1. The fraction of sp³-hybridized carbons (Fsp3) is 0. The minimum absolute atomic E-state index is 0.189. The van der Waals surface area contributed by atoms with Gasteiger partial charge in [-0.25, -0.2) is 9.79 Å². The van der Waals surface area contributed by atoms with Gasteiger partial charge in [0.15, 0.2) is 10.4 Å². The predicted octanol–water partition coefficient (Wildman–Crippen LogP) is 4.91. The molecule has 0 unspecified atom stereocenters. The van der Waals surface area contributed by atoms with Crippen molar-refractivity contribution < 1.29 is 13.9 Å². The molecule has 0 spiro atoms. The van der Waals surface area contributed by atoms with E-state index in [4.69, 9.17) is 9.15 Å². The first-order valence-corrected chi connectivity index (χ1v) is 8.15. The second-order valence-corrected chi connectivity index (χ2v) is 6.52. The second kappa shape index (κ2) is 5.90. The van der Waals surface area contributed by atoms with Crippen LogP contribution in [0, 0.1) is 0 Å². The molecule has 0 bridgehead atoms. The van der Waals surface area contributed by atoms with E-state index in [1.807, 2.05) is 24.3 Å². The lowest BCUT2D eigenvalue weighted by molar-refractivity contribution is -0.129. The summed E-state index contributed by atoms with van der Waals surface area (Å²) in [6.07, 6.45) is 1.53. The number of carbonyl (C=O) groups is 1. The highest BCUT2D eigenvalue weighted by Crippen LogP contribution is 2.29. The number of benzene rings is 1. The summed E-state index contributed by atoms with van der Waals surface area (Å²) < 4.78 is 12.7. The van der Waals surface area contributed by atoms with Crippen LogP contribution in [-0.4, -0.2) is 11.9 Å². The quantitative estimate of drug-likeness (QED) is 0.458. The zero-order valence-electron chi connectivity index (χ0n) is 10.3. The van der Waals surface area contributed by atoms with Crippen LogP contribution in [0.2, 0.25) is 0 Å². The number of rotatable bonds is 2. The molecule has 0 saturated heterocycles. The summed E-state index contributed by atoms with van der Waals surface area (Å²) in [5.41, 5.74) is 0.908. The molecule has 0 N–H and O–H groups in total. The minimum Gasteiger partial charge on any atom is -0.449 e. The molecule has 1 aliphatic heterocycles. The van der Waals surface area contributed by atoms with Gasteiger partial charge in [-0.05, 0) is 66.0 Å². The number of aliphatic imine (C=N–C) groups is 1. The molecule has 1 aromatic carbocycles. The van der Waals surface area contributed by atoms with Gasteiger partial charge in [0.2, 0.25) is 5.90 Å². The van der Waals surface area contributed by atoms with Gasteiger partial charge in [-0.2, -0.15) is 0 Å². The van der Waals surface area contributed by atoms with Gasteiger partial charge in [-0.1, -0.05) is 12.1 Å². The maximum Gasteiger partial charge on any atom is 0.363 e. The fourth-order valence-corrected chi connectivity index (χ4v) is 2.79. The normalized spacial score (nSPS) is 16.2. The Morgan fingerprint density at radius 1 is 1.10 bits per heavy atom. The summed E-state index contributed by atoms with van der Waals surface area (Å²) in [7, 11) is 0. The summed E-state index contributed by atoms with van der Waals surface area (Å²) in [6.45, 7) is 0. The zero-order chi connectivity index (χ0) is 15.0. The number of furan rings is 1. The Balaban J connectivity index is 1.97. The standard InChI is InChI=1S/C14H6Br3NO3/c15-9-4-2-1-3-8(9)13-18-11(14(19)21-13)6-7-5-10(16)12(17)20-7/h1-6H/b11-6-. The highest BCUT2D eigenvalue weighted by molar-refractivity contribution is 9.13. The molecule has 0 radical (unpaired) electrons. The number of halogens is 3. The fourth-order valence-electron chi connectivity index (χ4n) is 1.73. The van der Waals surface area contributed by atoms with Crippen molar-refractivity contribution in [3.63, 3.8) is 0 Å². The van der Waals surface area contributed by atoms with Crippen molar-refractivity contribution in [2.24, 2.45) is 4.99 Å². The van der Waals surface area contributed by atoms with Gasteiger partial charge in [0.05, 0.1) is 10.0 Å². The van der Waals surface area contributed by atoms with Gasteiger partial charge in [0.25, 0.3) is 0 Å². The van der Waals surface area contributed by atoms with Gasteiger partial charge >= 0.3 is 5.97 Å². The number of hydrogen-bond donors (Lipinski definition) is 0. The van der Waals surface area contributed by atoms with E-state index in [0.29, 0.717) is 10.4 Å². The van der Waals surface area contributed by atoms with Crippen molar-refractivity contribution >= 4 is 65.7 Å². The first kappa shape index (κ1) is 14.7. The van der Waals surface area contributed by atoms with Crippen LogP contribution >= 0.6 is 47.8 Å². The Labute approximate surface area is 145 Å². The third-order valence-electron chi connectivity index (χ3n) is 2.67. The first-order valence-electron chi connectivity index (χ1n) is 5.77. The minimum atomic E-state index is -0.510.